The van der Waals surface area contributed by atoms with Crippen LogP contribution in [0.15, 0.2) is 30.5 Å². The van der Waals surface area contributed by atoms with Gasteiger partial charge in [0.25, 0.3) is 0 Å². The van der Waals surface area contributed by atoms with Crippen LogP contribution in [0.2, 0.25) is 0 Å². The van der Waals surface area contributed by atoms with Gasteiger partial charge in [-0.05, 0) is 51.0 Å². The number of nitriles is 1. The summed E-state index contributed by atoms with van der Waals surface area (Å²) in [4.78, 5) is 2.14. The highest BCUT2D eigenvalue weighted by Crippen LogP contribution is 2.33. The second kappa shape index (κ2) is 6.01. The number of aromatic nitrogens is 3. The molecule has 2 heterocycles. The maximum absolute atomic E-state index is 11.1. The average Bonchev–Trinajstić information content (AvgIpc) is 3.06. The molecule has 1 saturated heterocycles. The van der Waals surface area contributed by atoms with Crippen LogP contribution in [0.4, 0.5) is 5.69 Å². The lowest BCUT2D eigenvalue weighted by Gasteiger charge is -2.39. The molecule has 6 nitrogen and oxygen atoms in total. The Morgan fingerprint density at radius 3 is 2.65 bits per heavy atom. The van der Waals surface area contributed by atoms with Gasteiger partial charge in [0.2, 0.25) is 0 Å². The van der Waals surface area contributed by atoms with Crippen molar-refractivity contribution in [3.8, 4) is 6.07 Å². The Bertz CT molecular complexity index is 715. The number of hydrogen-bond donors (Lipinski definition) is 1. The van der Waals surface area contributed by atoms with Crippen LogP contribution in [0, 0.1) is 11.3 Å². The fourth-order valence-corrected chi connectivity index (χ4v) is 2.95. The SMILES string of the molecule is CC(C)n1cc([C@]2(O)CCCN(c3ccc(C#N)cc3)C2)nn1. The molecule has 0 bridgehead atoms. The molecule has 120 valence electrons. The van der Waals surface area contributed by atoms with E-state index in [9.17, 15) is 5.11 Å². The van der Waals surface area contributed by atoms with Crippen LogP contribution in [0.25, 0.3) is 0 Å². The molecule has 1 atom stereocenters. The summed E-state index contributed by atoms with van der Waals surface area (Å²) < 4.78 is 1.77. The van der Waals surface area contributed by atoms with Crippen LogP contribution in [0.1, 0.15) is 44.0 Å². The minimum Gasteiger partial charge on any atom is -0.382 e. The van der Waals surface area contributed by atoms with Crippen molar-refractivity contribution >= 4 is 5.69 Å². The Morgan fingerprint density at radius 1 is 1.30 bits per heavy atom. The van der Waals surface area contributed by atoms with E-state index in [1.165, 1.54) is 0 Å². The van der Waals surface area contributed by atoms with Gasteiger partial charge in [0.1, 0.15) is 11.3 Å². The van der Waals surface area contributed by atoms with E-state index < -0.39 is 5.60 Å². The number of piperidine rings is 1. The monoisotopic (exact) mass is 311 g/mol. The molecule has 1 fully saturated rings. The second-order valence-corrected chi connectivity index (χ2v) is 6.39. The van der Waals surface area contributed by atoms with E-state index in [0.717, 1.165) is 18.7 Å². The molecular weight excluding hydrogens is 290 g/mol. The largest absolute Gasteiger partial charge is 0.382 e. The van der Waals surface area contributed by atoms with Crippen LogP contribution in [0.5, 0.6) is 0 Å². The van der Waals surface area contributed by atoms with E-state index >= 15 is 0 Å². The van der Waals surface area contributed by atoms with Crippen molar-refractivity contribution in [3.63, 3.8) is 0 Å². The smallest absolute Gasteiger partial charge is 0.127 e. The highest BCUT2D eigenvalue weighted by atomic mass is 16.3. The Balaban J connectivity index is 1.82. The van der Waals surface area contributed by atoms with Crippen molar-refractivity contribution in [2.24, 2.45) is 0 Å². The minimum absolute atomic E-state index is 0.220. The zero-order valence-electron chi connectivity index (χ0n) is 13.5. The van der Waals surface area contributed by atoms with E-state index in [0.29, 0.717) is 24.2 Å². The van der Waals surface area contributed by atoms with Crippen LogP contribution in [0.3, 0.4) is 0 Å². The number of hydrogen-bond acceptors (Lipinski definition) is 5. The number of β-amino-alcohol motifs (C(OH)–C–C–N with tert-alkyl or cyclic N) is 1. The Hall–Kier alpha value is -2.39. The number of rotatable bonds is 3. The lowest BCUT2D eigenvalue weighted by atomic mass is 9.89. The summed E-state index contributed by atoms with van der Waals surface area (Å²) in [5.41, 5.74) is 1.29. The molecule has 23 heavy (non-hydrogen) atoms. The van der Waals surface area contributed by atoms with E-state index in [1.807, 2.05) is 32.2 Å². The van der Waals surface area contributed by atoms with E-state index in [2.05, 4.69) is 21.3 Å². The molecule has 3 rings (SSSR count). The second-order valence-electron chi connectivity index (χ2n) is 6.39. The highest BCUT2D eigenvalue weighted by molar-refractivity contribution is 5.50. The highest BCUT2D eigenvalue weighted by Gasteiger charge is 2.37. The number of aliphatic hydroxyl groups is 1. The van der Waals surface area contributed by atoms with Crippen molar-refractivity contribution in [1.82, 2.24) is 15.0 Å². The summed E-state index contributed by atoms with van der Waals surface area (Å²) in [7, 11) is 0. The maximum Gasteiger partial charge on any atom is 0.127 e. The van der Waals surface area contributed by atoms with Crippen molar-refractivity contribution in [2.75, 3.05) is 18.0 Å². The third-order valence-electron chi connectivity index (χ3n) is 4.35. The quantitative estimate of drug-likeness (QED) is 0.940. The van der Waals surface area contributed by atoms with E-state index in [4.69, 9.17) is 5.26 Å². The van der Waals surface area contributed by atoms with E-state index in [-0.39, 0.29) is 6.04 Å². The molecule has 2 aromatic rings. The molecule has 1 aromatic carbocycles. The molecule has 1 aromatic heterocycles. The molecule has 0 saturated carbocycles. The van der Waals surface area contributed by atoms with Crippen LogP contribution in [-0.4, -0.2) is 33.2 Å². The van der Waals surface area contributed by atoms with Gasteiger partial charge in [0, 0.05) is 18.3 Å². The summed E-state index contributed by atoms with van der Waals surface area (Å²) in [6.45, 7) is 5.43. The third kappa shape index (κ3) is 3.06. The molecule has 6 heteroatoms. The van der Waals surface area contributed by atoms with Gasteiger partial charge in [-0.25, -0.2) is 4.68 Å². The van der Waals surface area contributed by atoms with Crippen LogP contribution >= 0.6 is 0 Å². The minimum atomic E-state index is -0.987. The van der Waals surface area contributed by atoms with Gasteiger partial charge in [-0.2, -0.15) is 5.26 Å². The number of nitrogens with zero attached hydrogens (tertiary/aromatic N) is 5. The third-order valence-corrected chi connectivity index (χ3v) is 4.35. The molecule has 0 unspecified atom stereocenters. The molecule has 0 amide bonds. The first-order valence-corrected chi connectivity index (χ1v) is 7.92. The number of anilines is 1. The molecule has 0 radical (unpaired) electrons. The first-order valence-electron chi connectivity index (χ1n) is 7.92. The fraction of sp³-hybridized carbons (Fsp3) is 0.471. The maximum atomic E-state index is 11.1. The van der Waals surface area contributed by atoms with Gasteiger partial charge >= 0.3 is 0 Å². The van der Waals surface area contributed by atoms with Gasteiger partial charge in [-0.3, -0.25) is 0 Å². The zero-order valence-corrected chi connectivity index (χ0v) is 13.5. The molecule has 0 aliphatic carbocycles. The summed E-state index contributed by atoms with van der Waals surface area (Å²) in [5, 5.41) is 28.2. The normalized spacial score (nSPS) is 21.4. The van der Waals surface area contributed by atoms with Gasteiger partial charge in [-0.15, -0.1) is 5.10 Å². The fourth-order valence-electron chi connectivity index (χ4n) is 2.95. The predicted molar refractivity (Wildman–Crippen MR) is 86.9 cm³/mol. The van der Waals surface area contributed by atoms with Crippen LogP contribution < -0.4 is 4.90 Å². The Kier molecular flexibility index (Phi) is 4.05. The summed E-state index contributed by atoms with van der Waals surface area (Å²) in [6, 6.07) is 9.80. The molecule has 1 aliphatic heterocycles. The van der Waals surface area contributed by atoms with Crippen molar-refractivity contribution < 1.29 is 5.11 Å². The van der Waals surface area contributed by atoms with Gasteiger partial charge < -0.3 is 10.0 Å². The number of benzene rings is 1. The zero-order chi connectivity index (χ0) is 16.4. The summed E-state index contributed by atoms with van der Waals surface area (Å²) >= 11 is 0. The summed E-state index contributed by atoms with van der Waals surface area (Å²) in [5.74, 6) is 0. The van der Waals surface area contributed by atoms with Gasteiger partial charge in [0.05, 0.1) is 24.4 Å². The Morgan fingerprint density at radius 2 is 2.04 bits per heavy atom. The van der Waals surface area contributed by atoms with Crippen molar-refractivity contribution in [3.05, 3.63) is 41.7 Å². The molecule has 1 aliphatic rings. The first-order chi connectivity index (χ1) is 11.0. The Labute approximate surface area is 136 Å². The first kappa shape index (κ1) is 15.5. The standard InChI is InChI=1S/C17H21N5O/c1-13(2)22-11-16(19-20-22)17(23)8-3-9-21(12-17)15-6-4-14(10-18)5-7-15/h4-7,11,13,23H,3,8-9,12H2,1-2H3/t17-/m0/s1. The van der Waals surface area contributed by atoms with Crippen LogP contribution in [-0.2, 0) is 5.60 Å². The average molecular weight is 311 g/mol. The summed E-state index contributed by atoms with van der Waals surface area (Å²) in [6.07, 6.45) is 3.40. The predicted octanol–water partition coefficient (Wildman–Crippen LogP) is 2.22. The molecular formula is C17H21N5O. The van der Waals surface area contributed by atoms with Gasteiger partial charge in [0.15, 0.2) is 0 Å². The van der Waals surface area contributed by atoms with Gasteiger partial charge in [-0.1, -0.05) is 5.21 Å². The van der Waals surface area contributed by atoms with E-state index in [1.54, 1.807) is 16.8 Å². The van der Waals surface area contributed by atoms with Crippen molar-refractivity contribution in [2.45, 2.75) is 38.3 Å². The lowest BCUT2D eigenvalue weighted by Crippen LogP contribution is -2.46. The molecule has 0 spiro atoms. The topological polar surface area (TPSA) is 78.0 Å². The molecule has 1 N–H and O–H groups in total. The lowest BCUT2D eigenvalue weighted by molar-refractivity contribution is 0.0176. The van der Waals surface area contributed by atoms with Crippen molar-refractivity contribution in [1.29, 1.82) is 5.26 Å².